The molecule has 0 saturated carbocycles. The first-order valence-corrected chi connectivity index (χ1v) is 12.9. The standard InChI is InChI=1S/C31H34N6O2/c1-36(2)19-8-20-37(31(39)34-26-16-14-25(15-17-26)24-9-4-3-5-10-24)22-23-13-18-29(33-21-23)30(38)35-28-12-7-6-11-27(28)32/h3-7,9-18,21H,8,19-20,22,32H2,1-2H3,(H,34,39)(H,35,38). The normalized spacial score (nSPS) is 10.7. The van der Waals surface area contributed by atoms with E-state index in [-0.39, 0.29) is 17.6 Å². The zero-order valence-electron chi connectivity index (χ0n) is 22.3. The maximum absolute atomic E-state index is 13.3. The van der Waals surface area contributed by atoms with Crippen LogP contribution in [0.3, 0.4) is 0 Å². The molecule has 8 heteroatoms. The van der Waals surface area contributed by atoms with E-state index in [0.29, 0.717) is 24.5 Å². The summed E-state index contributed by atoms with van der Waals surface area (Å²) >= 11 is 0. The monoisotopic (exact) mass is 522 g/mol. The predicted octanol–water partition coefficient (Wildman–Crippen LogP) is 5.57. The maximum Gasteiger partial charge on any atom is 0.322 e. The molecule has 0 bridgehead atoms. The van der Waals surface area contributed by atoms with Crippen molar-refractivity contribution in [2.45, 2.75) is 13.0 Å². The van der Waals surface area contributed by atoms with Gasteiger partial charge in [0, 0.05) is 25.0 Å². The molecule has 0 atom stereocenters. The lowest BCUT2D eigenvalue weighted by Gasteiger charge is -2.24. The quantitative estimate of drug-likeness (QED) is 0.236. The van der Waals surface area contributed by atoms with E-state index >= 15 is 0 Å². The minimum absolute atomic E-state index is 0.192. The molecule has 4 rings (SSSR count). The molecule has 0 aliphatic heterocycles. The van der Waals surface area contributed by atoms with Gasteiger partial charge >= 0.3 is 6.03 Å². The van der Waals surface area contributed by atoms with Crippen LogP contribution in [0.5, 0.6) is 0 Å². The zero-order chi connectivity index (χ0) is 27.6. The van der Waals surface area contributed by atoms with E-state index in [1.165, 1.54) is 0 Å². The first kappa shape index (κ1) is 27.3. The minimum atomic E-state index is -0.348. The van der Waals surface area contributed by atoms with Crippen LogP contribution in [0.4, 0.5) is 21.9 Å². The molecular weight excluding hydrogens is 488 g/mol. The van der Waals surface area contributed by atoms with E-state index < -0.39 is 0 Å². The largest absolute Gasteiger partial charge is 0.397 e. The maximum atomic E-state index is 13.3. The first-order valence-electron chi connectivity index (χ1n) is 12.9. The summed E-state index contributed by atoms with van der Waals surface area (Å²) in [6.07, 6.45) is 2.45. The summed E-state index contributed by atoms with van der Waals surface area (Å²) in [5.41, 5.74) is 11.0. The molecule has 0 fully saturated rings. The molecule has 1 heterocycles. The topological polar surface area (TPSA) is 104 Å². The van der Waals surface area contributed by atoms with Gasteiger partial charge in [-0.15, -0.1) is 0 Å². The number of carbonyl (C=O) groups is 2. The van der Waals surface area contributed by atoms with Crippen LogP contribution in [0.15, 0.2) is 97.2 Å². The number of anilines is 3. The second-order valence-electron chi connectivity index (χ2n) is 9.54. The third-order valence-electron chi connectivity index (χ3n) is 6.20. The van der Waals surface area contributed by atoms with E-state index in [0.717, 1.165) is 35.3 Å². The van der Waals surface area contributed by atoms with Crippen molar-refractivity contribution < 1.29 is 9.59 Å². The fourth-order valence-electron chi connectivity index (χ4n) is 4.08. The predicted molar refractivity (Wildman–Crippen MR) is 158 cm³/mol. The van der Waals surface area contributed by atoms with Crippen molar-refractivity contribution in [2.24, 2.45) is 0 Å². The van der Waals surface area contributed by atoms with Crippen LogP contribution in [-0.2, 0) is 6.54 Å². The van der Waals surface area contributed by atoms with Gasteiger partial charge in [-0.05, 0) is 74.1 Å². The Balaban J connectivity index is 1.41. The molecule has 0 aliphatic rings. The molecular formula is C31H34N6O2. The molecule has 4 N–H and O–H groups in total. The molecule has 4 aromatic rings. The zero-order valence-corrected chi connectivity index (χ0v) is 22.3. The fraction of sp³-hybridized carbons (Fsp3) is 0.194. The lowest BCUT2D eigenvalue weighted by atomic mass is 10.1. The summed E-state index contributed by atoms with van der Waals surface area (Å²) in [5.74, 6) is -0.348. The molecule has 8 nitrogen and oxygen atoms in total. The number of nitrogens with zero attached hydrogens (tertiary/aromatic N) is 3. The van der Waals surface area contributed by atoms with Crippen LogP contribution in [0.2, 0.25) is 0 Å². The number of amides is 3. The van der Waals surface area contributed by atoms with E-state index in [2.05, 4.69) is 32.7 Å². The van der Waals surface area contributed by atoms with Crippen LogP contribution in [0.25, 0.3) is 11.1 Å². The Morgan fingerprint density at radius 3 is 2.15 bits per heavy atom. The molecule has 1 aromatic heterocycles. The smallest absolute Gasteiger partial charge is 0.322 e. The number of urea groups is 1. The molecule has 0 spiro atoms. The average molecular weight is 523 g/mol. The Bertz CT molecular complexity index is 1370. The van der Waals surface area contributed by atoms with Crippen molar-refractivity contribution in [1.29, 1.82) is 0 Å². The molecule has 0 saturated heterocycles. The van der Waals surface area contributed by atoms with Crippen molar-refractivity contribution in [1.82, 2.24) is 14.8 Å². The number of hydrogen-bond acceptors (Lipinski definition) is 5. The number of carbonyl (C=O) groups excluding carboxylic acids is 2. The summed E-state index contributed by atoms with van der Waals surface area (Å²) < 4.78 is 0. The highest BCUT2D eigenvalue weighted by Crippen LogP contribution is 2.22. The average Bonchev–Trinajstić information content (AvgIpc) is 2.95. The Labute approximate surface area is 229 Å². The van der Waals surface area contributed by atoms with Gasteiger partial charge < -0.3 is 26.2 Å². The molecule has 0 aliphatic carbocycles. The summed E-state index contributed by atoms with van der Waals surface area (Å²) in [5, 5.41) is 5.80. The number of nitrogens with one attached hydrogen (secondary N) is 2. The van der Waals surface area contributed by atoms with Gasteiger partial charge in [0.15, 0.2) is 0 Å². The van der Waals surface area contributed by atoms with E-state index in [4.69, 9.17) is 5.73 Å². The lowest BCUT2D eigenvalue weighted by molar-refractivity contribution is 0.102. The number of para-hydroxylation sites is 2. The highest BCUT2D eigenvalue weighted by atomic mass is 16.2. The van der Waals surface area contributed by atoms with Gasteiger partial charge in [0.25, 0.3) is 5.91 Å². The van der Waals surface area contributed by atoms with Gasteiger partial charge in [0.2, 0.25) is 0 Å². The number of hydrogen-bond donors (Lipinski definition) is 3. The third kappa shape index (κ3) is 7.90. The summed E-state index contributed by atoms with van der Waals surface area (Å²) in [6.45, 7) is 1.79. The van der Waals surface area contributed by atoms with E-state index in [9.17, 15) is 9.59 Å². The Hall–Kier alpha value is -4.69. The fourth-order valence-corrected chi connectivity index (χ4v) is 4.08. The number of nitrogen functional groups attached to an aromatic ring is 1. The molecule has 200 valence electrons. The van der Waals surface area contributed by atoms with Gasteiger partial charge in [-0.2, -0.15) is 0 Å². The number of pyridine rings is 1. The molecule has 3 aromatic carbocycles. The van der Waals surface area contributed by atoms with Gasteiger partial charge in [-0.25, -0.2) is 4.79 Å². The van der Waals surface area contributed by atoms with Crippen molar-refractivity contribution in [3.8, 4) is 11.1 Å². The Morgan fingerprint density at radius 1 is 0.795 bits per heavy atom. The molecule has 0 unspecified atom stereocenters. The van der Waals surface area contributed by atoms with Gasteiger partial charge in [-0.1, -0.05) is 60.7 Å². The summed E-state index contributed by atoms with van der Waals surface area (Å²) in [7, 11) is 4.02. The lowest BCUT2D eigenvalue weighted by Crippen LogP contribution is -2.36. The van der Waals surface area contributed by atoms with Gasteiger partial charge in [0.05, 0.1) is 11.4 Å². The SMILES string of the molecule is CN(C)CCCN(Cc1ccc(C(=O)Nc2ccccc2N)nc1)C(=O)Nc1ccc(-c2ccccc2)cc1. The number of aromatic nitrogens is 1. The van der Waals surface area contributed by atoms with Crippen molar-refractivity contribution in [3.05, 3.63) is 108 Å². The van der Waals surface area contributed by atoms with E-state index in [1.807, 2.05) is 62.6 Å². The molecule has 39 heavy (non-hydrogen) atoms. The second-order valence-corrected chi connectivity index (χ2v) is 9.54. The van der Waals surface area contributed by atoms with E-state index in [1.54, 1.807) is 41.4 Å². The summed E-state index contributed by atoms with van der Waals surface area (Å²) in [6, 6.07) is 28.3. The number of benzene rings is 3. The van der Waals surface area contributed by atoms with Crippen LogP contribution in [0.1, 0.15) is 22.5 Å². The number of rotatable bonds is 10. The van der Waals surface area contributed by atoms with Crippen LogP contribution in [0, 0.1) is 0 Å². The first-order chi connectivity index (χ1) is 18.9. The van der Waals surface area contributed by atoms with Crippen LogP contribution < -0.4 is 16.4 Å². The second kappa shape index (κ2) is 13.2. The highest BCUT2D eigenvalue weighted by molar-refractivity contribution is 6.04. The van der Waals surface area contributed by atoms with Crippen molar-refractivity contribution >= 4 is 29.0 Å². The van der Waals surface area contributed by atoms with Crippen LogP contribution in [-0.4, -0.2) is 53.9 Å². The molecule has 3 amide bonds. The number of nitrogens with two attached hydrogens (primary N) is 1. The Morgan fingerprint density at radius 2 is 1.49 bits per heavy atom. The van der Waals surface area contributed by atoms with Gasteiger partial charge in [0.1, 0.15) is 5.69 Å². The highest BCUT2D eigenvalue weighted by Gasteiger charge is 2.16. The minimum Gasteiger partial charge on any atom is -0.397 e. The van der Waals surface area contributed by atoms with Crippen molar-refractivity contribution in [2.75, 3.05) is 43.6 Å². The van der Waals surface area contributed by atoms with Gasteiger partial charge in [-0.3, -0.25) is 9.78 Å². The molecule has 0 radical (unpaired) electrons. The summed E-state index contributed by atoms with van der Waals surface area (Å²) in [4.78, 5) is 34.1. The van der Waals surface area contributed by atoms with Crippen molar-refractivity contribution in [3.63, 3.8) is 0 Å². The third-order valence-corrected chi connectivity index (χ3v) is 6.20. The Kier molecular flexibility index (Phi) is 9.26. The van der Waals surface area contributed by atoms with Crippen LogP contribution >= 0.6 is 0 Å².